The third kappa shape index (κ3) is 2.15. The zero-order valence-corrected chi connectivity index (χ0v) is 10.4. The average Bonchev–Trinajstić information content (AvgIpc) is 2.27. The second-order valence-electron chi connectivity index (χ2n) is 3.59. The first kappa shape index (κ1) is 10.5. The Balaban J connectivity index is 2.55. The molecule has 78 valence electrons. The molecule has 1 unspecified atom stereocenters. The summed E-state index contributed by atoms with van der Waals surface area (Å²) in [6, 6.07) is 12.6. The minimum Gasteiger partial charge on any atom is -0.497 e. The van der Waals surface area contributed by atoms with Crippen molar-refractivity contribution in [1.29, 1.82) is 0 Å². The Morgan fingerprint density at radius 3 is 2.40 bits per heavy atom. The average molecular weight is 265 g/mol. The van der Waals surface area contributed by atoms with Crippen molar-refractivity contribution >= 4 is 26.7 Å². The van der Waals surface area contributed by atoms with E-state index in [0.29, 0.717) is 4.83 Å². The third-order valence-corrected chi connectivity index (χ3v) is 3.06. The quantitative estimate of drug-likeness (QED) is 0.735. The lowest BCUT2D eigenvalue weighted by Gasteiger charge is -2.06. The first-order valence-corrected chi connectivity index (χ1v) is 5.84. The fourth-order valence-electron chi connectivity index (χ4n) is 1.62. The molecule has 0 amide bonds. The topological polar surface area (TPSA) is 9.23 Å². The molecule has 0 spiro atoms. The van der Waals surface area contributed by atoms with E-state index in [1.54, 1.807) is 7.11 Å². The Hall–Kier alpha value is -1.02. The van der Waals surface area contributed by atoms with Crippen LogP contribution in [0.5, 0.6) is 5.75 Å². The van der Waals surface area contributed by atoms with Gasteiger partial charge in [-0.1, -0.05) is 40.2 Å². The molecule has 0 aliphatic heterocycles. The van der Waals surface area contributed by atoms with E-state index < -0.39 is 0 Å². The van der Waals surface area contributed by atoms with Crippen molar-refractivity contribution in [2.45, 2.75) is 11.8 Å². The van der Waals surface area contributed by atoms with Crippen LogP contribution in [-0.2, 0) is 0 Å². The molecule has 2 heteroatoms. The second-order valence-corrected chi connectivity index (χ2v) is 4.96. The highest BCUT2D eigenvalue weighted by atomic mass is 79.9. The molecule has 2 rings (SSSR count). The summed E-state index contributed by atoms with van der Waals surface area (Å²) < 4.78 is 5.19. The van der Waals surface area contributed by atoms with Gasteiger partial charge in [0.25, 0.3) is 0 Å². The Morgan fingerprint density at radius 2 is 1.73 bits per heavy atom. The van der Waals surface area contributed by atoms with E-state index in [4.69, 9.17) is 4.74 Å². The van der Waals surface area contributed by atoms with Crippen molar-refractivity contribution in [3.63, 3.8) is 0 Å². The van der Waals surface area contributed by atoms with E-state index in [-0.39, 0.29) is 0 Å². The summed E-state index contributed by atoms with van der Waals surface area (Å²) in [7, 11) is 1.69. The molecule has 0 bridgehead atoms. The molecule has 1 nitrogen and oxygen atoms in total. The number of rotatable bonds is 2. The van der Waals surface area contributed by atoms with E-state index in [0.717, 1.165) is 5.75 Å². The molecule has 0 aliphatic rings. The van der Waals surface area contributed by atoms with Gasteiger partial charge in [-0.25, -0.2) is 0 Å². The van der Waals surface area contributed by atoms with Crippen LogP contribution >= 0.6 is 15.9 Å². The van der Waals surface area contributed by atoms with Crippen molar-refractivity contribution in [2.75, 3.05) is 7.11 Å². The molecule has 0 saturated carbocycles. The van der Waals surface area contributed by atoms with Gasteiger partial charge >= 0.3 is 0 Å². The zero-order valence-electron chi connectivity index (χ0n) is 8.83. The normalized spacial score (nSPS) is 12.7. The zero-order chi connectivity index (χ0) is 10.8. The minimum absolute atomic E-state index is 0.393. The molecule has 1 atom stereocenters. The molecule has 0 aliphatic carbocycles. The molecular formula is C13H13BrO. The predicted octanol–water partition coefficient (Wildman–Crippen LogP) is 4.30. The van der Waals surface area contributed by atoms with Crippen LogP contribution in [0.2, 0.25) is 0 Å². The molecule has 15 heavy (non-hydrogen) atoms. The van der Waals surface area contributed by atoms with E-state index in [1.165, 1.54) is 16.3 Å². The fourth-order valence-corrected chi connectivity index (χ4v) is 1.90. The summed E-state index contributed by atoms with van der Waals surface area (Å²) in [5, 5.41) is 2.46. The van der Waals surface area contributed by atoms with Gasteiger partial charge in [-0.2, -0.15) is 0 Å². The number of benzene rings is 2. The first-order valence-electron chi connectivity index (χ1n) is 4.92. The van der Waals surface area contributed by atoms with E-state index >= 15 is 0 Å². The number of methoxy groups -OCH3 is 1. The summed E-state index contributed by atoms with van der Waals surface area (Å²) >= 11 is 3.57. The molecule has 0 heterocycles. The highest BCUT2D eigenvalue weighted by molar-refractivity contribution is 9.09. The standard InChI is InChI=1S/C13H13BrO/c1-9(14)10-3-4-12-8-13(15-2)6-5-11(12)7-10/h3-9H,1-2H3. The highest BCUT2D eigenvalue weighted by Crippen LogP contribution is 2.27. The van der Waals surface area contributed by atoms with Crippen molar-refractivity contribution in [3.8, 4) is 5.75 Å². The number of hydrogen-bond acceptors (Lipinski definition) is 1. The fraction of sp³-hybridized carbons (Fsp3) is 0.231. The van der Waals surface area contributed by atoms with Crippen LogP contribution in [0.15, 0.2) is 36.4 Å². The molecule has 0 fully saturated rings. The van der Waals surface area contributed by atoms with Crippen LogP contribution in [0.25, 0.3) is 10.8 Å². The van der Waals surface area contributed by atoms with Gasteiger partial charge in [-0.3, -0.25) is 0 Å². The molecule has 0 radical (unpaired) electrons. The Kier molecular flexibility index (Phi) is 2.96. The molecule has 2 aromatic carbocycles. The van der Waals surface area contributed by atoms with E-state index in [1.807, 2.05) is 6.07 Å². The molecule has 0 N–H and O–H groups in total. The van der Waals surface area contributed by atoms with Gasteiger partial charge in [-0.15, -0.1) is 0 Å². The van der Waals surface area contributed by atoms with E-state index in [2.05, 4.69) is 53.2 Å². The molecule has 0 aromatic heterocycles. The lowest BCUT2D eigenvalue weighted by atomic mass is 10.1. The smallest absolute Gasteiger partial charge is 0.119 e. The number of alkyl halides is 1. The summed E-state index contributed by atoms with van der Waals surface area (Å²) in [4.78, 5) is 0.393. The molecular weight excluding hydrogens is 252 g/mol. The van der Waals surface area contributed by atoms with Crippen molar-refractivity contribution in [2.24, 2.45) is 0 Å². The van der Waals surface area contributed by atoms with Gasteiger partial charge in [0.2, 0.25) is 0 Å². The lowest BCUT2D eigenvalue weighted by Crippen LogP contribution is -1.85. The Morgan fingerprint density at radius 1 is 1.07 bits per heavy atom. The number of fused-ring (bicyclic) bond motifs is 1. The van der Waals surface area contributed by atoms with Crippen molar-refractivity contribution in [1.82, 2.24) is 0 Å². The summed E-state index contributed by atoms with van der Waals surface area (Å²) in [6.07, 6.45) is 0. The maximum atomic E-state index is 5.19. The summed E-state index contributed by atoms with van der Waals surface area (Å²) in [6.45, 7) is 2.13. The van der Waals surface area contributed by atoms with Gasteiger partial charge in [0.05, 0.1) is 7.11 Å². The minimum atomic E-state index is 0.393. The van der Waals surface area contributed by atoms with Gasteiger partial charge < -0.3 is 4.74 Å². The molecule has 0 saturated heterocycles. The Labute approximate surface area is 98.2 Å². The van der Waals surface area contributed by atoms with Gasteiger partial charge in [0, 0.05) is 4.83 Å². The first-order chi connectivity index (χ1) is 7.20. The maximum absolute atomic E-state index is 5.19. The van der Waals surface area contributed by atoms with Crippen LogP contribution in [-0.4, -0.2) is 7.11 Å². The summed E-state index contributed by atoms with van der Waals surface area (Å²) in [5.74, 6) is 0.905. The number of ether oxygens (including phenoxy) is 1. The maximum Gasteiger partial charge on any atom is 0.119 e. The number of halogens is 1. The van der Waals surface area contributed by atoms with Gasteiger partial charge in [0.15, 0.2) is 0 Å². The van der Waals surface area contributed by atoms with Gasteiger partial charge in [0.1, 0.15) is 5.75 Å². The van der Waals surface area contributed by atoms with Crippen molar-refractivity contribution in [3.05, 3.63) is 42.0 Å². The monoisotopic (exact) mass is 264 g/mol. The van der Waals surface area contributed by atoms with Crippen molar-refractivity contribution < 1.29 is 4.74 Å². The van der Waals surface area contributed by atoms with Crippen LogP contribution in [0.4, 0.5) is 0 Å². The highest BCUT2D eigenvalue weighted by Gasteiger charge is 2.02. The SMILES string of the molecule is COc1ccc2cc(C(C)Br)ccc2c1. The van der Waals surface area contributed by atoms with E-state index in [9.17, 15) is 0 Å². The van der Waals surface area contributed by atoms with Crippen LogP contribution in [0, 0.1) is 0 Å². The Bertz CT molecular complexity index is 477. The number of hydrogen-bond donors (Lipinski definition) is 0. The molecule has 2 aromatic rings. The third-order valence-electron chi connectivity index (χ3n) is 2.53. The second kappa shape index (κ2) is 4.23. The summed E-state index contributed by atoms with van der Waals surface area (Å²) in [5.41, 5.74) is 1.30. The van der Waals surface area contributed by atoms with Crippen LogP contribution in [0.3, 0.4) is 0 Å². The predicted molar refractivity (Wildman–Crippen MR) is 67.8 cm³/mol. The van der Waals surface area contributed by atoms with Gasteiger partial charge in [-0.05, 0) is 35.4 Å². The lowest BCUT2D eigenvalue weighted by molar-refractivity contribution is 0.415. The van der Waals surface area contributed by atoms with Crippen LogP contribution in [0.1, 0.15) is 17.3 Å². The van der Waals surface area contributed by atoms with Crippen LogP contribution < -0.4 is 4.74 Å². The largest absolute Gasteiger partial charge is 0.497 e.